The zero-order valence-electron chi connectivity index (χ0n) is 15.6. The summed E-state index contributed by atoms with van der Waals surface area (Å²) in [5, 5.41) is 5.63. The second-order valence-electron chi connectivity index (χ2n) is 6.43. The first-order valence-corrected chi connectivity index (χ1v) is 11.0. The van der Waals surface area contributed by atoms with E-state index in [0.29, 0.717) is 5.69 Å². The number of carbonyl (C=O) groups is 1. The molecule has 6 nitrogen and oxygen atoms in total. The predicted molar refractivity (Wildman–Crippen MR) is 111 cm³/mol. The molecule has 0 bridgehead atoms. The van der Waals surface area contributed by atoms with Crippen molar-refractivity contribution in [2.75, 3.05) is 19.4 Å². The average Bonchev–Trinajstić information content (AvgIpc) is 3.09. The number of rotatable bonds is 7. The second kappa shape index (κ2) is 8.64. The normalized spacial score (nSPS) is 11.5. The van der Waals surface area contributed by atoms with E-state index in [-0.39, 0.29) is 17.2 Å². The number of nitrogens with zero attached hydrogens (tertiary/aromatic N) is 2. The van der Waals surface area contributed by atoms with E-state index in [9.17, 15) is 13.2 Å². The maximum atomic E-state index is 12.3. The Morgan fingerprint density at radius 3 is 2.39 bits per heavy atom. The molecule has 0 unspecified atom stereocenters. The monoisotopic (exact) mass is 415 g/mol. The molecule has 1 amide bonds. The summed E-state index contributed by atoms with van der Waals surface area (Å²) in [4.78, 5) is 17.0. The number of hydrogen-bond acceptors (Lipinski definition) is 5. The third-order valence-electron chi connectivity index (χ3n) is 4.06. The van der Waals surface area contributed by atoms with Crippen molar-refractivity contribution in [2.45, 2.75) is 17.7 Å². The molecule has 0 radical (unpaired) electrons. The highest BCUT2D eigenvalue weighted by Crippen LogP contribution is 2.18. The number of benzene rings is 2. The van der Waals surface area contributed by atoms with E-state index in [0.717, 1.165) is 21.4 Å². The summed E-state index contributed by atoms with van der Waals surface area (Å²) in [5.41, 5.74) is 2.45. The van der Waals surface area contributed by atoms with Gasteiger partial charge in [0.15, 0.2) is 0 Å². The Labute approximate surface area is 168 Å². The summed E-state index contributed by atoms with van der Waals surface area (Å²) < 4.78 is 25.3. The Hall–Kier alpha value is -2.55. The largest absolute Gasteiger partial charge is 0.326 e. The average molecular weight is 416 g/mol. The SMILES string of the molecule is CN(C)S(=O)(=O)c1ccc(NC(=O)Cc2csc(Cc3ccccc3)n2)cc1. The number of amides is 1. The van der Waals surface area contributed by atoms with Gasteiger partial charge in [-0.2, -0.15) is 0 Å². The summed E-state index contributed by atoms with van der Waals surface area (Å²) in [5.74, 6) is -0.195. The smallest absolute Gasteiger partial charge is 0.242 e. The molecule has 1 heterocycles. The minimum Gasteiger partial charge on any atom is -0.326 e. The highest BCUT2D eigenvalue weighted by atomic mass is 32.2. The number of anilines is 1. The van der Waals surface area contributed by atoms with Crippen LogP contribution in [0, 0.1) is 0 Å². The lowest BCUT2D eigenvalue weighted by Crippen LogP contribution is -2.22. The van der Waals surface area contributed by atoms with Crippen molar-refractivity contribution in [3.63, 3.8) is 0 Å². The van der Waals surface area contributed by atoms with Crippen LogP contribution < -0.4 is 5.32 Å². The molecule has 146 valence electrons. The molecule has 1 aromatic heterocycles. The van der Waals surface area contributed by atoms with E-state index >= 15 is 0 Å². The first-order valence-electron chi connectivity index (χ1n) is 8.64. The Bertz CT molecular complexity index is 1040. The van der Waals surface area contributed by atoms with Crippen LogP contribution in [0.3, 0.4) is 0 Å². The standard InChI is InChI=1S/C20H21N3O3S2/c1-23(2)28(25,26)18-10-8-16(9-11-18)21-19(24)13-17-14-27-20(22-17)12-15-6-4-3-5-7-15/h3-11,14H,12-13H2,1-2H3,(H,21,24). The summed E-state index contributed by atoms with van der Waals surface area (Å²) >= 11 is 1.54. The zero-order chi connectivity index (χ0) is 20.1. The maximum Gasteiger partial charge on any atom is 0.242 e. The molecule has 0 atom stereocenters. The van der Waals surface area contributed by atoms with Crippen molar-refractivity contribution in [1.29, 1.82) is 0 Å². The van der Waals surface area contributed by atoms with Crippen molar-refractivity contribution in [3.05, 3.63) is 76.2 Å². The van der Waals surface area contributed by atoms with Gasteiger partial charge in [-0.25, -0.2) is 17.7 Å². The fraction of sp³-hybridized carbons (Fsp3) is 0.200. The van der Waals surface area contributed by atoms with Crippen LogP contribution in [-0.4, -0.2) is 37.7 Å². The van der Waals surface area contributed by atoms with Gasteiger partial charge < -0.3 is 5.32 Å². The molecular formula is C20H21N3O3S2. The molecule has 28 heavy (non-hydrogen) atoms. The fourth-order valence-electron chi connectivity index (χ4n) is 2.57. The molecule has 8 heteroatoms. The van der Waals surface area contributed by atoms with Crippen LogP contribution in [0.5, 0.6) is 0 Å². The highest BCUT2D eigenvalue weighted by Gasteiger charge is 2.17. The molecule has 3 aromatic rings. The van der Waals surface area contributed by atoms with Crippen LogP contribution in [0.25, 0.3) is 0 Å². The molecule has 2 aromatic carbocycles. The van der Waals surface area contributed by atoms with Crippen molar-refractivity contribution in [3.8, 4) is 0 Å². The second-order valence-corrected chi connectivity index (χ2v) is 9.53. The van der Waals surface area contributed by atoms with E-state index in [2.05, 4.69) is 10.3 Å². The molecule has 1 N–H and O–H groups in total. The summed E-state index contributed by atoms with van der Waals surface area (Å²) in [6.07, 6.45) is 0.915. The Kier molecular flexibility index (Phi) is 6.23. The summed E-state index contributed by atoms with van der Waals surface area (Å²) in [6, 6.07) is 16.2. The van der Waals surface area contributed by atoms with Crippen LogP contribution in [-0.2, 0) is 27.7 Å². The first kappa shape index (κ1) is 20.2. The maximum absolute atomic E-state index is 12.3. The molecule has 0 aliphatic rings. The Morgan fingerprint density at radius 2 is 1.75 bits per heavy atom. The molecular weight excluding hydrogens is 394 g/mol. The van der Waals surface area contributed by atoms with Crippen molar-refractivity contribution < 1.29 is 13.2 Å². The summed E-state index contributed by atoms with van der Waals surface area (Å²) in [6.45, 7) is 0. The van der Waals surface area contributed by atoms with Gasteiger partial charge in [0, 0.05) is 31.6 Å². The number of aromatic nitrogens is 1. The molecule has 0 spiro atoms. The quantitative estimate of drug-likeness (QED) is 0.643. The van der Waals surface area contributed by atoms with E-state index in [1.165, 1.54) is 43.1 Å². The molecule has 0 aliphatic heterocycles. The van der Waals surface area contributed by atoms with Gasteiger partial charge >= 0.3 is 0 Å². The van der Waals surface area contributed by atoms with Gasteiger partial charge in [0.1, 0.15) is 0 Å². The Morgan fingerprint density at radius 1 is 1.07 bits per heavy atom. The van der Waals surface area contributed by atoms with Crippen LogP contribution in [0.15, 0.2) is 64.9 Å². The molecule has 0 aliphatic carbocycles. The zero-order valence-corrected chi connectivity index (χ0v) is 17.3. The molecule has 0 fully saturated rings. The van der Waals surface area contributed by atoms with E-state index in [1.807, 2.05) is 35.7 Å². The van der Waals surface area contributed by atoms with E-state index in [4.69, 9.17) is 0 Å². The lowest BCUT2D eigenvalue weighted by atomic mass is 10.2. The van der Waals surface area contributed by atoms with Gasteiger partial charge in [-0.15, -0.1) is 11.3 Å². The topological polar surface area (TPSA) is 79.4 Å². The van der Waals surface area contributed by atoms with Crippen molar-refractivity contribution in [2.24, 2.45) is 0 Å². The van der Waals surface area contributed by atoms with Gasteiger partial charge in [-0.1, -0.05) is 30.3 Å². The highest BCUT2D eigenvalue weighted by molar-refractivity contribution is 7.89. The minimum absolute atomic E-state index is 0.170. The van der Waals surface area contributed by atoms with Crippen molar-refractivity contribution >= 4 is 33.0 Å². The lowest BCUT2D eigenvalue weighted by Gasteiger charge is -2.11. The van der Waals surface area contributed by atoms with Gasteiger partial charge in [-0.05, 0) is 29.8 Å². The first-order chi connectivity index (χ1) is 13.3. The molecule has 3 rings (SSSR count). The minimum atomic E-state index is -3.48. The predicted octanol–water partition coefficient (Wildman–Crippen LogP) is 3.17. The third kappa shape index (κ3) is 5.03. The van der Waals surface area contributed by atoms with Gasteiger partial charge in [0.25, 0.3) is 0 Å². The van der Waals surface area contributed by atoms with Gasteiger partial charge in [0.2, 0.25) is 15.9 Å². The number of nitrogens with one attached hydrogen (secondary N) is 1. The Balaban J connectivity index is 1.59. The van der Waals surface area contributed by atoms with Gasteiger partial charge in [-0.3, -0.25) is 4.79 Å². The third-order valence-corrected chi connectivity index (χ3v) is 6.78. The molecule has 0 saturated heterocycles. The number of thiazole rings is 1. The van der Waals surface area contributed by atoms with Crippen LogP contribution in [0.1, 0.15) is 16.3 Å². The number of sulfonamides is 1. The van der Waals surface area contributed by atoms with Crippen LogP contribution in [0.4, 0.5) is 5.69 Å². The fourth-order valence-corrected chi connectivity index (χ4v) is 4.30. The number of hydrogen-bond donors (Lipinski definition) is 1. The van der Waals surface area contributed by atoms with Crippen LogP contribution >= 0.6 is 11.3 Å². The van der Waals surface area contributed by atoms with Crippen molar-refractivity contribution in [1.82, 2.24) is 9.29 Å². The van der Waals surface area contributed by atoms with Crippen LogP contribution in [0.2, 0.25) is 0 Å². The lowest BCUT2D eigenvalue weighted by molar-refractivity contribution is -0.115. The summed E-state index contributed by atoms with van der Waals surface area (Å²) in [7, 11) is -0.528. The van der Waals surface area contributed by atoms with E-state index < -0.39 is 10.0 Å². The molecule has 0 saturated carbocycles. The van der Waals surface area contributed by atoms with Gasteiger partial charge in [0.05, 0.1) is 22.0 Å². The number of carbonyl (C=O) groups excluding carboxylic acids is 1. The van der Waals surface area contributed by atoms with E-state index in [1.54, 1.807) is 12.1 Å².